The summed E-state index contributed by atoms with van der Waals surface area (Å²) < 4.78 is 13.0. The van der Waals surface area contributed by atoms with Gasteiger partial charge in [0.05, 0.1) is 0 Å². The molecule has 0 aliphatic heterocycles. The smallest absolute Gasteiger partial charge is 0.303 e. The van der Waals surface area contributed by atoms with Crippen molar-refractivity contribution in [3.63, 3.8) is 0 Å². The van der Waals surface area contributed by atoms with Gasteiger partial charge in [0.1, 0.15) is 5.82 Å². The molecule has 0 aliphatic rings. The molecule has 2 N–H and O–H groups in total. The molecule has 0 aliphatic carbocycles. The number of carboxylic acid groups (broad SMARTS) is 1. The Bertz CT molecular complexity index is 462. The Morgan fingerprint density at radius 3 is 2.75 bits per heavy atom. The third-order valence-electron chi connectivity index (χ3n) is 3.00. The van der Waals surface area contributed by atoms with Gasteiger partial charge < -0.3 is 10.4 Å². The number of nitrogens with one attached hydrogen (secondary N) is 1. The van der Waals surface area contributed by atoms with E-state index in [0.29, 0.717) is 25.8 Å². The second-order valence-electron chi connectivity index (χ2n) is 4.88. The van der Waals surface area contributed by atoms with E-state index in [1.165, 1.54) is 12.1 Å². The molecule has 0 saturated carbocycles. The Morgan fingerprint density at radius 2 is 2.10 bits per heavy atom. The van der Waals surface area contributed by atoms with Gasteiger partial charge in [-0.3, -0.25) is 9.59 Å². The summed E-state index contributed by atoms with van der Waals surface area (Å²) in [6.45, 7) is 2.26. The average Bonchev–Trinajstić information content (AvgIpc) is 2.37. The number of benzene rings is 1. The minimum atomic E-state index is -0.823. The standard InChI is InChI=1S/C15H20FNO3/c1-11(9-12-5-4-6-13(16)10-12)15(20)17-8-3-2-7-14(18)19/h4-6,10-11H,2-3,7-9H2,1H3,(H,17,20)(H,18,19). The lowest BCUT2D eigenvalue weighted by atomic mass is 10.0. The van der Waals surface area contributed by atoms with Crippen LogP contribution in [0.25, 0.3) is 0 Å². The van der Waals surface area contributed by atoms with Gasteiger partial charge in [-0.15, -0.1) is 0 Å². The van der Waals surface area contributed by atoms with Gasteiger partial charge in [-0.05, 0) is 37.0 Å². The highest BCUT2D eigenvalue weighted by atomic mass is 19.1. The van der Waals surface area contributed by atoms with Gasteiger partial charge in [-0.2, -0.15) is 0 Å². The maximum atomic E-state index is 13.0. The van der Waals surface area contributed by atoms with Crippen LogP contribution in [0.1, 0.15) is 31.7 Å². The molecule has 1 amide bonds. The van der Waals surface area contributed by atoms with Crippen molar-refractivity contribution in [3.05, 3.63) is 35.6 Å². The zero-order chi connectivity index (χ0) is 15.0. The Hall–Kier alpha value is -1.91. The molecule has 1 unspecified atom stereocenters. The molecule has 20 heavy (non-hydrogen) atoms. The van der Waals surface area contributed by atoms with Crippen LogP contribution in [0.4, 0.5) is 4.39 Å². The van der Waals surface area contributed by atoms with Crippen LogP contribution in [-0.4, -0.2) is 23.5 Å². The highest BCUT2D eigenvalue weighted by Gasteiger charge is 2.13. The van der Waals surface area contributed by atoms with Crippen molar-refractivity contribution in [1.82, 2.24) is 5.32 Å². The maximum absolute atomic E-state index is 13.0. The van der Waals surface area contributed by atoms with E-state index < -0.39 is 5.97 Å². The topological polar surface area (TPSA) is 66.4 Å². The summed E-state index contributed by atoms with van der Waals surface area (Å²) in [4.78, 5) is 22.1. The van der Waals surface area contributed by atoms with E-state index in [2.05, 4.69) is 5.32 Å². The molecule has 0 spiro atoms. The van der Waals surface area contributed by atoms with Crippen molar-refractivity contribution in [1.29, 1.82) is 0 Å². The molecule has 0 fully saturated rings. The summed E-state index contributed by atoms with van der Waals surface area (Å²) in [5.41, 5.74) is 0.790. The van der Waals surface area contributed by atoms with E-state index in [4.69, 9.17) is 5.11 Å². The molecule has 0 radical (unpaired) electrons. The maximum Gasteiger partial charge on any atom is 0.303 e. The molecule has 0 saturated heterocycles. The van der Waals surface area contributed by atoms with Crippen LogP contribution in [0, 0.1) is 11.7 Å². The van der Waals surface area contributed by atoms with Crippen molar-refractivity contribution in [2.24, 2.45) is 5.92 Å². The average molecular weight is 281 g/mol. The molecule has 110 valence electrons. The number of carboxylic acids is 1. The first-order valence-electron chi connectivity index (χ1n) is 6.73. The fourth-order valence-corrected chi connectivity index (χ4v) is 1.90. The van der Waals surface area contributed by atoms with E-state index in [1.54, 1.807) is 19.1 Å². The lowest BCUT2D eigenvalue weighted by Crippen LogP contribution is -2.31. The van der Waals surface area contributed by atoms with Crippen LogP contribution >= 0.6 is 0 Å². The van der Waals surface area contributed by atoms with Gasteiger partial charge in [-0.1, -0.05) is 19.1 Å². The molecule has 1 aromatic carbocycles. The van der Waals surface area contributed by atoms with Crippen molar-refractivity contribution < 1.29 is 19.1 Å². The molecule has 0 bridgehead atoms. The number of rotatable bonds is 8. The second-order valence-corrected chi connectivity index (χ2v) is 4.88. The lowest BCUT2D eigenvalue weighted by Gasteiger charge is -2.12. The quantitative estimate of drug-likeness (QED) is 0.719. The highest BCUT2D eigenvalue weighted by Crippen LogP contribution is 2.10. The number of carbonyl (C=O) groups is 2. The Kier molecular flexibility index (Phi) is 6.70. The van der Waals surface area contributed by atoms with E-state index in [1.807, 2.05) is 0 Å². The number of halogens is 1. The van der Waals surface area contributed by atoms with E-state index in [9.17, 15) is 14.0 Å². The fourth-order valence-electron chi connectivity index (χ4n) is 1.90. The van der Waals surface area contributed by atoms with Crippen LogP contribution in [0.15, 0.2) is 24.3 Å². The van der Waals surface area contributed by atoms with Gasteiger partial charge >= 0.3 is 5.97 Å². The first kappa shape index (κ1) is 16.1. The molecular formula is C15H20FNO3. The minimum absolute atomic E-state index is 0.0930. The van der Waals surface area contributed by atoms with Crippen molar-refractivity contribution in [2.45, 2.75) is 32.6 Å². The third-order valence-corrected chi connectivity index (χ3v) is 3.00. The summed E-state index contributed by atoms with van der Waals surface area (Å²) in [5.74, 6) is -1.46. The normalized spacial score (nSPS) is 11.9. The minimum Gasteiger partial charge on any atom is -0.481 e. The van der Waals surface area contributed by atoms with Crippen molar-refractivity contribution in [2.75, 3.05) is 6.54 Å². The van der Waals surface area contributed by atoms with Gasteiger partial charge in [0.15, 0.2) is 0 Å². The number of aliphatic carboxylic acids is 1. The number of unbranched alkanes of at least 4 members (excludes halogenated alkanes) is 1. The number of carbonyl (C=O) groups excluding carboxylic acids is 1. The number of hydrogen-bond donors (Lipinski definition) is 2. The van der Waals surface area contributed by atoms with E-state index in [0.717, 1.165) is 5.56 Å². The molecule has 5 heteroatoms. The Labute approximate surface area is 118 Å². The molecule has 1 aromatic rings. The molecule has 0 aromatic heterocycles. The van der Waals surface area contributed by atoms with Crippen LogP contribution < -0.4 is 5.32 Å². The molecule has 0 heterocycles. The molecular weight excluding hydrogens is 261 g/mol. The first-order chi connectivity index (χ1) is 9.49. The van der Waals surface area contributed by atoms with Crippen LogP contribution in [0.2, 0.25) is 0 Å². The van der Waals surface area contributed by atoms with Crippen LogP contribution in [0.5, 0.6) is 0 Å². The predicted octanol–water partition coefficient (Wildman–Crippen LogP) is 2.38. The van der Waals surface area contributed by atoms with E-state index >= 15 is 0 Å². The summed E-state index contributed by atoms with van der Waals surface area (Å²) in [7, 11) is 0. The Morgan fingerprint density at radius 1 is 1.35 bits per heavy atom. The largest absolute Gasteiger partial charge is 0.481 e. The van der Waals surface area contributed by atoms with Gasteiger partial charge in [0.25, 0.3) is 0 Å². The molecule has 1 rings (SSSR count). The SMILES string of the molecule is CC(Cc1cccc(F)c1)C(=O)NCCCCC(=O)O. The first-order valence-corrected chi connectivity index (χ1v) is 6.73. The fraction of sp³-hybridized carbons (Fsp3) is 0.467. The Balaban J connectivity index is 2.27. The lowest BCUT2D eigenvalue weighted by molar-refractivity contribution is -0.137. The predicted molar refractivity (Wildman–Crippen MR) is 73.8 cm³/mol. The van der Waals surface area contributed by atoms with Gasteiger partial charge in [0, 0.05) is 18.9 Å². The second kappa shape index (κ2) is 8.30. The van der Waals surface area contributed by atoms with Gasteiger partial charge in [0.2, 0.25) is 5.91 Å². The summed E-state index contributed by atoms with van der Waals surface area (Å²) in [5, 5.41) is 11.2. The summed E-state index contributed by atoms with van der Waals surface area (Å²) in [6, 6.07) is 6.22. The van der Waals surface area contributed by atoms with Crippen molar-refractivity contribution >= 4 is 11.9 Å². The van der Waals surface area contributed by atoms with Crippen molar-refractivity contribution in [3.8, 4) is 0 Å². The zero-order valence-corrected chi connectivity index (χ0v) is 11.6. The number of amides is 1. The zero-order valence-electron chi connectivity index (χ0n) is 11.6. The van der Waals surface area contributed by atoms with Gasteiger partial charge in [-0.25, -0.2) is 4.39 Å². The number of hydrogen-bond acceptors (Lipinski definition) is 2. The van der Waals surface area contributed by atoms with E-state index in [-0.39, 0.29) is 24.1 Å². The highest BCUT2D eigenvalue weighted by molar-refractivity contribution is 5.78. The summed E-state index contributed by atoms with van der Waals surface area (Å²) >= 11 is 0. The monoisotopic (exact) mass is 281 g/mol. The van der Waals surface area contributed by atoms with Crippen LogP contribution in [0.3, 0.4) is 0 Å². The summed E-state index contributed by atoms with van der Waals surface area (Å²) in [6.07, 6.45) is 1.80. The molecule has 4 nitrogen and oxygen atoms in total. The van der Waals surface area contributed by atoms with Crippen LogP contribution in [-0.2, 0) is 16.0 Å². The third kappa shape index (κ3) is 6.31. The molecule has 1 atom stereocenters.